The van der Waals surface area contributed by atoms with Crippen molar-refractivity contribution in [2.24, 2.45) is 0 Å². The van der Waals surface area contributed by atoms with Gasteiger partial charge in [-0.1, -0.05) is 30.3 Å². The summed E-state index contributed by atoms with van der Waals surface area (Å²) in [4.78, 5) is 24.7. The standard InChI is InChI=1S/C16H21NO2/c1-12(2)17(16(19)10-14(4)18)11-13(3)15-8-6-5-7-9-15/h5-9,11-12H,10H2,1-4H3/b13-11-. The lowest BCUT2D eigenvalue weighted by molar-refractivity contribution is -0.133. The van der Waals surface area contributed by atoms with Crippen LogP contribution in [0.3, 0.4) is 0 Å². The molecule has 102 valence electrons. The van der Waals surface area contributed by atoms with Crippen molar-refractivity contribution in [3.63, 3.8) is 0 Å². The molecule has 0 aliphatic carbocycles. The van der Waals surface area contributed by atoms with Gasteiger partial charge in [0.05, 0.1) is 6.42 Å². The minimum atomic E-state index is -0.155. The van der Waals surface area contributed by atoms with Crippen LogP contribution in [0, 0.1) is 0 Å². The Bertz CT molecular complexity index is 475. The summed E-state index contributed by atoms with van der Waals surface area (Å²) in [6.07, 6.45) is 1.78. The van der Waals surface area contributed by atoms with Crippen LogP contribution in [-0.4, -0.2) is 22.6 Å². The highest BCUT2D eigenvalue weighted by Gasteiger charge is 2.16. The van der Waals surface area contributed by atoms with E-state index in [1.54, 1.807) is 4.90 Å². The highest BCUT2D eigenvalue weighted by molar-refractivity contribution is 5.97. The number of hydrogen-bond donors (Lipinski definition) is 0. The second kappa shape index (κ2) is 6.88. The quantitative estimate of drug-likeness (QED) is 0.761. The molecule has 1 aromatic carbocycles. The van der Waals surface area contributed by atoms with Crippen molar-refractivity contribution in [1.29, 1.82) is 0 Å². The monoisotopic (exact) mass is 259 g/mol. The summed E-state index contributed by atoms with van der Waals surface area (Å²) < 4.78 is 0. The van der Waals surface area contributed by atoms with Crippen molar-refractivity contribution >= 4 is 17.3 Å². The second-order valence-electron chi connectivity index (χ2n) is 4.95. The first-order chi connectivity index (χ1) is 8.91. The number of carbonyl (C=O) groups excluding carboxylic acids is 2. The highest BCUT2D eigenvalue weighted by Crippen LogP contribution is 2.16. The topological polar surface area (TPSA) is 37.4 Å². The summed E-state index contributed by atoms with van der Waals surface area (Å²) in [5.41, 5.74) is 2.08. The fourth-order valence-electron chi connectivity index (χ4n) is 1.80. The van der Waals surface area contributed by atoms with Crippen LogP contribution in [0.5, 0.6) is 0 Å². The third kappa shape index (κ3) is 4.70. The van der Waals surface area contributed by atoms with E-state index in [0.29, 0.717) is 0 Å². The van der Waals surface area contributed by atoms with Crippen LogP contribution in [-0.2, 0) is 9.59 Å². The van der Waals surface area contributed by atoms with E-state index in [1.165, 1.54) is 6.92 Å². The van der Waals surface area contributed by atoms with Gasteiger partial charge in [0.25, 0.3) is 0 Å². The molecule has 19 heavy (non-hydrogen) atoms. The molecule has 0 aliphatic rings. The van der Waals surface area contributed by atoms with E-state index in [1.807, 2.05) is 57.3 Å². The van der Waals surface area contributed by atoms with Crippen LogP contribution in [0.1, 0.15) is 39.7 Å². The van der Waals surface area contributed by atoms with E-state index in [4.69, 9.17) is 0 Å². The molecule has 0 bridgehead atoms. The van der Waals surface area contributed by atoms with Gasteiger partial charge in [-0.15, -0.1) is 0 Å². The van der Waals surface area contributed by atoms with E-state index in [0.717, 1.165) is 11.1 Å². The lowest BCUT2D eigenvalue weighted by Gasteiger charge is -2.23. The number of amides is 1. The van der Waals surface area contributed by atoms with Crippen molar-refractivity contribution in [1.82, 2.24) is 4.90 Å². The van der Waals surface area contributed by atoms with Crippen molar-refractivity contribution in [2.75, 3.05) is 0 Å². The molecular weight excluding hydrogens is 238 g/mol. The number of hydrogen-bond acceptors (Lipinski definition) is 2. The molecule has 0 unspecified atom stereocenters. The Balaban J connectivity index is 2.95. The zero-order valence-corrected chi connectivity index (χ0v) is 12.0. The van der Waals surface area contributed by atoms with Gasteiger partial charge in [-0.2, -0.15) is 0 Å². The van der Waals surface area contributed by atoms with Gasteiger partial charge in [0.2, 0.25) is 5.91 Å². The van der Waals surface area contributed by atoms with Gasteiger partial charge in [-0.25, -0.2) is 0 Å². The predicted molar refractivity (Wildman–Crippen MR) is 77.4 cm³/mol. The zero-order valence-electron chi connectivity index (χ0n) is 12.0. The van der Waals surface area contributed by atoms with E-state index in [2.05, 4.69) is 0 Å². The number of nitrogens with zero attached hydrogens (tertiary/aromatic N) is 1. The van der Waals surface area contributed by atoms with Crippen molar-refractivity contribution in [3.8, 4) is 0 Å². The maximum atomic E-state index is 12.0. The normalized spacial score (nSPS) is 11.5. The van der Waals surface area contributed by atoms with E-state index in [-0.39, 0.29) is 24.2 Å². The number of allylic oxidation sites excluding steroid dienone is 1. The summed E-state index contributed by atoms with van der Waals surface area (Å²) in [5.74, 6) is -0.265. The van der Waals surface area contributed by atoms with Gasteiger partial charge in [0.1, 0.15) is 5.78 Å². The van der Waals surface area contributed by atoms with Gasteiger partial charge in [0, 0.05) is 12.2 Å². The second-order valence-corrected chi connectivity index (χ2v) is 4.95. The smallest absolute Gasteiger partial charge is 0.234 e. The molecule has 0 heterocycles. The first-order valence-corrected chi connectivity index (χ1v) is 6.46. The Hall–Kier alpha value is -1.90. The minimum absolute atomic E-state index is 0.0329. The molecule has 3 heteroatoms. The fourth-order valence-corrected chi connectivity index (χ4v) is 1.80. The molecule has 1 aromatic rings. The van der Waals surface area contributed by atoms with Crippen LogP contribution in [0.15, 0.2) is 36.5 Å². The molecule has 0 aliphatic heterocycles. The molecule has 0 atom stereocenters. The SMILES string of the molecule is CC(=O)CC(=O)N(/C=C(/C)c1ccccc1)C(C)C. The number of rotatable bonds is 5. The Kier molecular flexibility index (Phi) is 5.49. The molecule has 1 rings (SSSR count). The minimum Gasteiger partial charge on any atom is -0.316 e. The fraction of sp³-hybridized carbons (Fsp3) is 0.375. The molecule has 0 saturated heterocycles. The molecular formula is C16H21NO2. The summed E-state index contributed by atoms with van der Waals surface area (Å²) in [7, 11) is 0. The largest absolute Gasteiger partial charge is 0.316 e. The zero-order chi connectivity index (χ0) is 14.4. The van der Waals surface area contributed by atoms with E-state index in [9.17, 15) is 9.59 Å². The number of ketones is 1. The Morgan fingerprint density at radius 1 is 1.16 bits per heavy atom. The van der Waals surface area contributed by atoms with Crippen molar-refractivity contribution < 1.29 is 9.59 Å². The molecule has 0 spiro atoms. The third-order valence-corrected chi connectivity index (χ3v) is 2.81. The van der Waals surface area contributed by atoms with Crippen LogP contribution < -0.4 is 0 Å². The Labute approximate surface area is 114 Å². The number of carbonyl (C=O) groups is 2. The average Bonchev–Trinajstić information content (AvgIpc) is 2.35. The third-order valence-electron chi connectivity index (χ3n) is 2.81. The highest BCUT2D eigenvalue weighted by atomic mass is 16.2. The van der Waals surface area contributed by atoms with Crippen LogP contribution in [0.25, 0.3) is 5.57 Å². The average molecular weight is 259 g/mol. The number of Topliss-reactive ketones (excluding diaryl/α,β-unsaturated/α-hetero) is 1. The number of benzene rings is 1. The Morgan fingerprint density at radius 2 is 1.74 bits per heavy atom. The molecule has 3 nitrogen and oxygen atoms in total. The van der Waals surface area contributed by atoms with Gasteiger partial charge in [0.15, 0.2) is 0 Å². The Morgan fingerprint density at radius 3 is 2.21 bits per heavy atom. The van der Waals surface area contributed by atoms with Gasteiger partial charge >= 0.3 is 0 Å². The molecule has 0 fully saturated rings. The van der Waals surface area contributed by atoms with Gasteiger partial charge in [-0.3, -0.25) is 9.59 Å². The van der Waals surface area contributed by atoms with Crippen molar-refractivity contribution in [2.45, 2.75) is 40.2 Å². The van der Waals surface area contributed by atoms with Gasteiger partial charge < -0.3 is 4.90 Å². The lowest BCUT2D eigenvalue weighted by Crippen LogP contribution is -2.33. The first-order valence-electron chi connectivity index (χ1n) is 6.46. The summed E-state index contributed by atoms with van der Waals surface area (Å²) in [6, 6.07) is 9.91. The molecule has 0 saturated carbocycles. The van der Waals surface area contributed by atoms with E-state index >= 15 is 0 Å². The maximum Gasteiger partial charge on any atom is 0.234 e. The summed E-state index contributed by atoms with van der Waals surface area (Å²) >= 11 is 0. The van der Waals surface area contributed by atoms with Gasteiger partial charge in [-0.05, 0) is 38.8 Å². The van der Waals surface area contributed by atoms with E-state index < -0.39 is 0 Å². The molecule has 1 amide bonds. The van der Waals surface area contributed by atoms with Crippen LogP contribution in [0.4, 0.5) is 0 Å². The molecule has 0 N–H and O–H groups in total. The molecule has 0 radical (unpaired) electrons. The summed E-state index contributed by atoms with van der Waals surface area (Å²) in [5, 5.41) is 0. The maximum absolute atomic E-state index is 12.0. The predicted octanol–water partition coefficient (Wildman–Crippen LogP) is 3.26. The van der Waals surface area contributed by atoms with Crippen molar-refractivity contribution in [3.05, 3.63) is 42.1 Å². The lowest BCUT2D eigenvalue weighted by atomic mass is 10.1. The summed E-state index contributed by atoms with van der Waals surface area (Å²) in [6.45, 7) is 7.27. The first kappa shape index (κ1) is 15.2. The molecule has 0 aromatic heterocycles. The van der Waals surface area contributed by atoms with Crippen LogP contribution >= 0.6 is 0 Å². The van der Waals surface area contributed by atoms with Crippen LogP contribution in [0.2, 0.25) is 0 Å².